The van der Waals surface area contributed by atoms with Gasteiger partial charge in [-0.25, -0.2) is 13.2 Å². The van der Waals surface area contributed by atoms with E-state index in [1.54, 1.807) is 25.1 Å². The van der Waals surface area contributed by atoms with E-state index in [0.717, 1.165) is 5.56 Å². The summed E-state index contributed by atoms with van der Waals surface area (Å²) in [4.78, 5) is 13.8. The molecule has 0 bridgehead atoms. The Hall–Kier alpha value is -2.54. The van der Waals surface area contributed by atoms with Crippen molar-refractivity contribution in [2.24, 2.45) is 0 Å². The Morgan fingerprint density at radius 2 is 1.79 bits per heavy atom. The Labute approximate surface area is 139 Å². The normalized spacial score (nSPS) is 12.0. The first-order chi connectivity index (χ1) is 11.3. The summed E-state index contributed by atoms with van der Waals surface area (Å²) in [5.41, 5.74) is 2.81. The molecular formula is C17H18N2O4S. The van der Waals surface area contributed by atoms with Gasteiger partial charge in [0.25, 0.3) is 10.0 Å². The molecule has 1 heterocycles. The van der Waals surface area contributed by atoms with Crippen LogP contribution in [0.15, 0.2) is 50.5 Å². The van der Waals surface area contributed by atoms with E-state index in [9.17, 15) is 13.2 Å². The highest BCUT2D eigenvalue weighted by atomic mass is 32.2. The SMILES string of the molecule is Cc1cc2[nH]c(=O)oc2cc1S(=O)(=O)Nc1ccc(C(C)C)cc1. The van der Waals surface area contributed by atoms with E-state index >= 15 is 0 Å². The zero-order valence-electron chi connectivity index (χ0n) is 13.6. The molecule has 0 fully saturated rings. The predicted molar refractivity (Wildman–Crippen MR) is 92.9 cm³/mol. The molecule has 0 radical (unpaired) electrons. The molecule has 3 rings (SSSR count). The molecule has 3 aromatic rings. The summed E-state index contributed by atoms with van der Waals surface area (Å²) in [6.45, 7) is 5.81. The molecular weight excluding hydrogens is 328 g/mol. The first-order valence-corrected chi connectivity index (χ1v) is 9.01. The monoisotopic (exact) mass is 346 g/mol. The minimum Gasteiger partial charge on any atom is -0.408 e. The van der Waals surface area contributed by atoms with Gasteiger partial charge < -0.3 is 4.42 Å². The molecule has 0 atom stereocenters. The van der Waals surface area contributed by atoms with Crippen molar-refractivity contribution in [1.29, 1.82) is 0 Å². The summed E-state index contributed by atoms with van der Waals surface area (Å²) in [7, 11) is -3.79. The largest absolute Gasteiger partial charge is 0.417 e. The van der Waals surface area contributed by atoms with Gasteiger partial charge >= 0.3 is 5.76 Å². The summed E-state index contributed by atoms with van der Waals surface area (Å²) in [6.07, 6.45) is 0. The van der Waals surface area contributed by atoms with E-state index in [0.29, 0.717) is 22.7 Å². The van der Waals surface area contributed by atoms with Gasteiger partial charge in [-0.1, -0.05) is 26.0 Å². The Bertz CT molecular complexity index is 1040. The van der Waals surface area contributed by atoms with Crippen LogP contribution in [-0.2, 0) is 10.0 Å². The number of aryl methyl sites for hydroxylation is 1. The third kappa shape index (κ3) is 3.07. The van der Waals surface area contributed by atoms with Crippen LogP contribution in [0.5, 0.6) is 0 Å². The highest BCUT2D eigenvalue weighted by molar-refractivity contribution is 7.92. The van der Waals surface area contributed by atoms with Crippen molar-refractivity contribution >= 4 is 26.8 Å². The third-order valence-electron chi connectivity index (χ3n) is 3.84. The maximum atomic E-state index is 12.7. The first kappa shape index (κ1) is 16.3. The van der Waals surface area contributed by atoms with Crippen molar-refractivity contribution in [3.8, 4) is 0 Å². The summed E-state index contributed by atoms with van der Waals surface area (Å²) in [5, 5.41) is 0. The van der Waals surface area contributed by atoms with E-state index in [-0.39, 0.29) is 10.5 Å². The fraction of sp³-hybridized carbons (Fsp3) is 0.235. The molecule has 0 saturated heterocycles. The quantitative estimate of drug-likeness (QED) is 0.758. The Kier molecular flexibility index (Phi) is 3.96. The van der Waals surface area contributed by atoms with Crippen LogP contribution in [0.25, 0.3) is 11.1 Å². The number of aromatic nitrogens is 1. The Balaban J connectivity index is 1.98. The van der Waals surface area contributed by atoms with Crippen molar-refractivity contribution in [2.45, 2.75) is 31.6 Å². The molecule has 2 N–H and O–H groups in total. The van der Waals surface area contributed by atoms with Gasteiger partial charge in [-0.05, 0) is 42.2 Å². The lowest BCUT2D eigenvalue weighted by atomic mass is 10.0. The van der Waals surface area contributed by atoms with Crippen LogP contribution in [0, 0.1) is 6.92 Å². The molecule has 0 aliphatic rings. The number of rotatable bonds is 4. The summed E-state index contributed by atoms with van der Waals surface area (Å²) in [5.74, 6) is -0.243. The Morgan fingerprint density at radius 1 is 1.12 bits per heavy atom. The highest BCUT2D eigenvalue weighted by Gasteiger charge is 2.19. The standard InChI is InChI=1S/C17H18N2O4S/c1-10(2)12-4-6-13(7-5-12)19-24(21,22)16-9-15-14(8-11(16)3)18-17(20)23-15/h4-10,19H,1-3H3,(H,18,20). The molecule has 1 aromatic heterocycles. The number of aromatic amines is 1. The predicted octanol–water partition coefficient (Wildman–Crippen LogP) is 3.35. The van der Waals surface area contributed by atoms with Gasteiger partial charge in [0.15, 0.2) is 5.58 Å². The minimum atomic E-state index is -3.79. The molecule has 24 heavy (non-hydrogen) atoms. The molecule has 0 saturated carbocycles. The first-order valence-electron chi connectivity index (χ1n) is 7.52. The number of sulfonamides is 1. The number of hydrogen-bond acceptors (Lipinski definition) is 4. The number of oxazole rings is 1. The van der Waals surface area contributed by atoms with Crippen LogP contribution < -0.4 is 10.5 Å². The van der Waals surface area contributed by atoms with Gasteiger partial charge in [0.2, 0.25) is 0 Å². The second-order valence-electron chi connectivity index (χ2n) is 6.01. The van der Waals surface area contributed by atoms with E-state index in [2.05, 4.69) is 23.6 Å². The molecule has 7 heteroatoms. The number of benzene rings is 2. The molecule has 0 amide bonds. The molecule has 2 aromatic carbocycles. The van der Waals surface area contributed by atoms with E-state index in [1.165, 1.54) is 6.07 Å². The van der Waals surface area contributed by atoms with Gasteiger partial charge in [-0.3, -0.25) is 9.71 Å². The maximum Gasteiger partial charge on any atom is 0.417 e. The fourth-order valence-corrected chi connectivity index (χ4v) is 3.82. The van der Waals surface area contributed by atoms with Gasteiger partial charge in [0.05, 0.1) is 10.4 Å². The fourth-order valence-electron chi connectivity index (χ4n) is 2.52. The van der Waals surface area contributed by atoms with Crippen LogP contribution in [0.4, 0.5) is 5.69 Å². The maximum absolute atomic E-state index is 12.7. The number of nitrogens with one attached hydrogen (secondary N) is 2. The molecule has 126 valence electrons. The second-order valence-corrected chi connectivity index (χ2v) is 7.66. The number of H-pyrrole nitrogens is 1. The van der Waals surface area contributed by atoms with Crippen LogP contribution in [0.2, 0.25) is 0 Å². The van der Waals surface area contributed by atoms with E-state index < -0.39 is 15.8 Å². The Morgan fingerprint density at radius 3 is 2.42 bits per heavy atom. The smallest absolute Gasteiger partial charge is 0.408 e. The third-order valence-corrected chi connectivity index (χ3v) is 5.36. The molecule has 0 unspecified atom stereocenters. The molecule has 0 aliphatic heterocycles. The number of hydrogen-bond donors (Lipinski definition) is 2. The number of anilines is 1. The number of fused-ring (bicyclic) bond motifs is 1. The lowest BCUT2D eigenvalue weighted by molar-refractivity contribution is 0.554. The van der Waals surface area contributed by atoms with Crippen molar-refractivity contribution in [1.82, 2.24) is 4.98 Å². The summed E-state index contributed by atoms with van der Waals surface area (Å²) in [6, 6.07) is 10.2. The average Bonchev–Trinajstić information content (AvgIpc) is 2.85. The van der Waals surface area contributed by atoms with Crippen LogP contribution >= 0.6 is 0 Å². The van der Waals surface area contributed by atoms with Gasteiger partial charge in [0, 0.05) is 11.8 Å². The topological polar surface area (TPSA) is 92.2 Å². The lowest BCUT2D eigenvalue weighted by Crippen LogP contribution is -2.14. The molecule has 0 aliphatic carbocycles. The van der Waals surface area contributed by atoms with Crippen LogP contribution in [0.1, 0.15) is 30.9 Å². The van der Waals surface area contributed by atoms with Crippen molar-refractivity contribution in [2.75, 3.05) is 4.72 Å². The molecule has 6 nitrogen and oxygen atoms in total. The second kappa shape index (κ2) is 5.83. The van der Waals surface area contributed by atoms with Crippen LogP contribution in [-0.4, -0.2) is 13.4 Å². The van der Waals surface area contributed by atoms with E-state index in [4.69, 9.17) is 4.42 Å². The van der Waals surface area contributed by atoms with Gasteiger partial charge in [0.1, 0.15) is 0 Å². The zero-order valence-corrected chi connectivity index (χ0v) is 14.4. The highest BCUT2D eigenvalue weighted by Crippen LogP contribution is 2.24. The van der Waals surface area contributed by atoms with Crippen molar-refractivity contribution < 1.29 is 12.8 Å². The van der Waals surface area contributed by atoms with Crippen molar-refractivity contribution in [3.63, 3.8) is 0 Å². The van der Waals surface area contributed by atoms with Gasteiger partial charge in [-0.2, -0.15) is 0 Å². The van der Waals surface area contributed by atoms with Gasteiger partial charge in [-0.15, -0.1) is 0 Å². The van der Waals surface area contributed by atoms with E-state index in [1.807, 2.05) is 12.1 Å². The summed E-state index contributed by atoms with van der Waals surface area (Å²) < 4.78 is 32.8. The minimum absolute atomic E-state index is 0.0747. The molecule has 0 spiro atoms. The average molecular weight is 346 g/mol. The summed E-state index contributed by atoms with van der Waals surface area (Å²) >= 11 is 0. The zero-order chi connectivity index (χ0) is 17.5. The van der Waals surface area contributed by atoms with Crippen LogP contribution in [0.3, 0.4) is 0 Å². The lowest BCUT2D eigenvalue weighted by Gasteiger charge is -2.11. The van der Waals surface area contributed by atoms with Crippen molar-refractivity contribution in [3.05, 3.63) is 58.1 Å².